The van der Waals surface area contributed by atoms with Crippen molar-refractivity contribution in [3.8, 4) is 0 Å². The van der Waals surface area contributed by atoms with Crippen LogP contribution >= 0.6 is 0 Å². The SMILES string of the molecule is CN(CC(=O)Nc1ccc(F)cc1)C(=O)COC(=O)/C=C/c1ccc(S(N)(=O)=O)cc1. The van der Waals surface area contributed by atoms with E-state index in [1.807, 2.05) is 0 Å². The maximum absolute atomic E-state index is 12.9. The Morgan fingerprint density at radius 1 is 1.10 bits per heavy atom. The molecule has 0 aromatic heterocycles. The smallest absolute Gasteiger partial charge is 0.331 e. The number of anilines is 1. The lowest BCUT2D eigenvalue weighted by molar-refractivity contribution is -0.148. The molecule has 0 fully saturated rings. The number of hydrogen-bond acceptors (Lipinski definition) is 6. The molecule has 0 bridgehead atoms. The summed E-state index contributed by atoms with van der Waals surface area (Å²) in [6.07, 6.45) is 2.44. The zero-order chi connectivity index (χ0) is 23.0. The second-order valence-electron chi connectivity index (χ2n) is 6.36. The molecule has 0 heterocycles. The van der Waals surface area contributed by atoms with Gasteiger partial charge in [-0.2, -0.15) is 0 Å². The normalized spacial score (nSPS) is 11.2. The van der Waals surface area contributed by atoms with Crippen LogP contribution in [0.5, 0.6) is 0 Å². The highest BCUT2D eigenvalue weighted by atomic mass is 32.2. The number of benzene rings is 2. The third kappa shape index (κ3) is 7.99. The molecule has 0 unspecified atom stereocenters. The van der Waals surface area contributed by atoms with Crippen LogP contribution in [0, 0.1) is 5.82 Å². The fraction of sp³-hybridized carbons (Fsp3) is 0.150. The minimum atomic E-state index is -3.81. The van der Waals surface area contributed by atoms with Crippen molar-refractivity contribution in [3.63, 3.8) is 0 Å². The zero-order valence-corrected chi connectivity index (χ0v) is 17.3. The van der Waals surface area contributed by atoms with E-state index in [1.54, 1.807) is 0 Å². The molecule has 0 radical (unpaired) electrons. The molecule has 0 aliphatic rings. The maximum atomic E-state index is 12.9. The van der Waals surface area contributed by atoms with E-state index in [4.69, 9.17) is 9.88 Å². The van der Waals surface area contributed by atoms with Gasteiger partial charge in [0.2, 0.25) is 15.9 Å². The molecule has 0 saturated carbocycles. The second-order valence-corrected chi connectivity index (χ2v) is 7.92. The van der Waals surface area contributed by atoms with E-state index in [2.05, 4.69) is 5.32 Å². The Bertz CT molecular complexity index is 1080. The first kappa shape index (κ1) is 23.7. The van der Waals surface area contributed by atoms with Gasteiger partial charge in [0.25, 0.3) is 5.91 Å². The number of rotatable bonds is 8. The summed E-state index contributed by atoms with van der Waals surface area (Å²) in [4.78, 5) is 36.7. The summed E-state index contributed by atoms with van der Waals surface area (Å²) < 4.78 is 40.1. The number of ether oxygens (including phenoxy) is 1. The van der Waals surface area contributed by atoms with Gasteiger partial charge in [-0.1, -0.05) is 12.1 Å². The molecule has 0 saturated heterocycles. The number of nitrogens with one attached hydrogen (secondary N) is 1. The Labute approximate surface area is 178 Å². The van der Waals surface area contributed by atoms with Gasteiger partial charge in [-0.3, -0.25) is 9.59 Å². The van der Waals surface area contributed by atoms with Gasteiger partial charge in [-0.25, -0.2) is 22.7 Å². The number of hydrogen-bond donors (Lipinski definition) is 2. The van der Waals surface area contributed by atoms with Crippen molar-refractivity contribution >= 4 is 39.6 Å². The van der Waals surface area contributed by atoms with Gasteiger partial charge in [0.1, 0.15) is 5.82 Å². The van der Waals surface area contributed by atoms with Crippen molar-refractivity contribution in [1.29, 1.82) is 0 Å². The highest BCUT2D eigenvalue weighted by molar-refractivity contribution is 7.89. The highest BCUT2D eigenvalue weighted by Gasteiger charge is 2.15. The molecule has 2 rings (SSSR count). The van der Waals surface area contributed by atoms with Crippen LogP contribution in [0.1, 0.15) is 5.56 Å². The summed E-state index contributed by atoms with van der Waals surface area (Å²) in [5, 5.41) is 7.51. The fourth-order valence-electron chi connectivity index (χ4n) is 2.26. The van der Waals surface area contributed by atoms with Gasteiger partial charge < -0.3 is 15.0 Å². The summed E-state index contributed by atoms with van der Waals surface area (Å²) in [5.41, 5.74) is 0.895. The van der Waals surface area contributed by atoms with E-state index >= 15 is 0 Å². The van der Waals surface area contributed by atoms with Crippen LogP contribution in [0.2, 0.25) is 0 Å². The highest BCUT2D eigenvalue weighted by Crippen LogP contribution is 2.10. The number of primary sulfonamides is 1. The van der Waals surface area contributed by atoms with Crippen LogP contribution in [0.25, 0.3) is 6.08 Å². The number of sulfonamides is 1. The van der Waals surface area contributed by atoms with Crippen molar-refractivity contribution in [2.75, 3.05) is 25.5 Å². The molecule has 11 heteroatoms. The number of esters is 1. The Hall–Kier alpha value is -3.57. The summed E-state index contributed by atoms with van der Waals surface area (Å²) in [6.45, 7) is -0.867. The quantitative estimate of drug-likeness (QED) is 0.458. The van der Waals surface area contributed by atoms with Crippen LogP contribution in [0.3, 0.4) is 0 Å². The molecule has 2 aromatic carbocycles. The predicted octanol–water partition coefficient (Wildman–Crippen LogP) is 1.13. The van der Waals surface area contributed by atoms with Crippen molar-refractivity contribution in [1.82, 2.24) is 4.90 Å². The predicted molar refractivity (Wildman–Crippen MR) is 110 cm³/mol. The Morgan fingerprint density at radius 3 is 2.29 bits per heavy atom. The monoisotopic (exact) mass is 449 g/mol. The molecular formula is C20H20FN3O6S. The third-order valence-electron chi connectivity index (χ3n) is 3.89. The molecule has 3 N–H and O–H groups in total. The summed E-state index contributed by atoms with van der Waals surface area (Å²) >= 11 is 0. The van der Waals surface area contributed by atoms with Gasteiger partial charge in [-0.05, 0) is 48.0 Å². The number of carbonyl (C=O) groups is 3. The van der Waals surface area contributed by atoms with Gasteiger partial charge in [0, 0.05) is 18.8 Å². The van der Waals surface area contributed by atoms with E-state index in [0.29, 0.717) is 11.3 Å². The van der Waals surface area contributed by atoms with E-state index in [1.165, 1.54) is 61.7 Å². The van der Waals surface area contributed by atoms with Crippen LogP contribution in [-0.4, -0.2) is 51.3 Å². The number of halogens is 1. The molecular weight excluding hydrogens is 429 g/mol. The Morgan fingerprint density at radius 2 is 1.71 bits per heavy atom. The first-order valence-corrected chi connectivity index (χ1v) is 10.4. The zero-order valence-electron chi connectivity index (χ0n) is 16.4. The number of nitrogens with zero attached hydrogens (tertiary/aromatic N) is 1. The standard InChI is InChI=1S/C20H20FN3O6S/c1-24(12-18(25)23-16-7-5-15(21)6-8-16)19(26)13-30-20(27)11-4-14-2-9-17(10-3-14)31(22,28)29/h2-11H,12-13H2,1H3,(H,23,25)(H2,22,28,29)/b11-4+. The first-order chi connectivity index (χ1) is 14.5. The lowest BCUT2D eigenvalue weighted by Gasteiger charge is -2.16. The topological polar surface area (TPSA) is 136 Å². The molecule has 0 aliphatic carbocycles. The first-order valence-electron chi connectivity index (χ1n) is 8.81. The van der Waals surface area contributed by atoms with Crippen LogP contribution < -0.4 is 10.5 Å². The Kier molecular flexibility index (Phi) is 8.00. The van der Waals surface area contributed by atoms with Crippen molar-refractivity contribution < 1.29 is 31.9 Å². The lowest BCUT2D eigenvalue weighted by atomic mass is 10.2. The molecule has 2 amide bonds. The number of carbonyl (C=O) groups excluding carboxylic acids is 3. The number of likely N-dealkylation sites (N-methyl/N-ethyl adjacent to an activating group) is 1. The van der Waals surface area contributed by atoms with E-state index in [-0.39, 0.29) is 11.4 Å². The molecule has 31 heavy (non-hydrogen) atoms. The van der Waals surface area contributed by atoms with Crippen LogP contribution in [0.4, 0.5) is 10.1 Å². The van der Waals surface area contributed by atoms with E-state index in [0.717, 1.165) is 11.0 Å². The van der Waals surface area contributed by atoms with Crippen LogP contribution in [-0.2, 0) is 29.1 Å². The maximum Gasteiger partial charge on any atom is 0.331 e. The largest absolute Gasteiger partial charge is 0.452 e. The average Bonchev–Trinajstić information content (AvgIpc) is 2.71. The molecule has 0 spiro atoms. The van der Waals surface area contributed by atoms with Gasteiger partial charge >= 0.3 is 5.97 Å². The number of nitrogens with two attached hydrogens (primary N) is 1. The molecule has 0 aliphatic heterocycles. The minimum absolute atomic E-state index is 0.0654. The minimum Gasteiger partial charge on any atom is -0.452 e. The van der Waals surface area contributed by atoms with Crippen LogP contribution in [0.15, 0.2) is 59.5 Å². The van der Waals surface area contributed by atoms with Crippen molar-refractivity contribution in [2.45, 2.75) is 4.90 Å². The van der Waals surface area contributed by atoms with Gasteiger partial charge in [0.05, 0.1) is 11.4 Å². The van der Waals surface area contributed by atoms with Gasteiger partial charge in [-0.15, -0.1) is 0 Å². The summed E-state index contributed by atoms with van der Waals surface area (Å²) in [6, 6.07) is 10.6. The molecule has 164 valence electrons. The summed E-state index contributed by atoms with van der Waals surface area (Å²) in [7, 11) is -2.44. The van der Waals surface area contributed by atoms with Crippen molar-refractivity contribution in [2.24, 2.45) is 5.14 Å². The fourth-order valence-corrected chi connectivity index (χ4v) is 2.78. The summed E-state index contributed by atoms with van der Waals surface area (Å²) in [5.74, 6) is -2.35. The molecule has 9 nitrogen and oxygen atoms in total. The van der Waals surface area contributed by atoms with Gasteiger partial charge in [0.15, 0.2) is 6.61 Å². The average molecular weight is 449 g/mol. The Balaban J connectivity index is 1.78. The lowest BCUT2D eigenvalue weighted by Crippen LogP contribution is -2.37. The van der Waals surface area contributed by atoms with E-state index < -0.39 is 40.2 Å². The number of amides is 2. The van der Waals surface area contributed by atoms with E-state index in [9.17, 15) is 27.2 Å². The third-order valence-corrected chi connectivity index (χ3v) is 4.82. The molecule has 2 aromatic rings. The second kappa shape index (κ2) is 10.5. The molecule has 0 atom stereocenters. The van der Waals surface area contributed by atoms with Crippen molar-refractivity contribution in [3.05, 3.63) is 66.0 Å².